The minimum absolute atomic E-state index is 0.0108. The highest BCUT2D eigenvalue weighted by Crippen LogP contribution is 2.15. The van der Waals surface area contributed by atoms with Gasteiger partial charge in [-0.2, -0.15) is 4.68 Å². The topological polar surface area (TPSA) is 99.0 Å². The highest BCUT2D eigenvalue weighted by atomic mass is 19.1. The molecule has 1 aromatic heterocycles. The van der Waals surface area contributed by atoms with Gasteiger partial charge in [-0.25, -0.2) is 13.6 Å². The van der Waals surface area contributed by atoms with Crippen LogP contribution in [0.5, 0.6) is 0 Å². The van der Waals surface area contributed by atoms with Crippen LogP contribution in [-0.2, 0) is 14.3 Å². The molecule has 1 amide bonds. The summed E-state index contributed by atoms with van der Waals surface area (Å²) in [5, 5.41) is 13.2. The molecule has 0 atom stereocenters. The molecule has 8 nitrogen and oxygen atoms in total. The Labute approximate surface area is 163 Å². The summed E-state index contributed by atoms with van der Waals surface area (Å²) in [5.41, 5.74) is 0.581. The molecule has 0 unspecified atom stereocenters. The van der Waals surface area contributed by atoms with E-state index in [1.54, 1.807) is 31.2 Å². The lowest BCUT2D eigenvalue weighted by molar-refractivity contribution is -0.141. The van der Waals surface area contributed by atoms with E-state index >= 15 is 0 Å². The number of esters is 1. The van der Waals surface area contributed by atoms with Gasteiger partial charge in [-0.3, -0.25) is 4.79 Å². The smallest absolute Gasteiger partial charge is 0.357 e. The fraction of sp³-hybridized carbons (Fsp3) is 0.105. The molecule has 0 saturated heterocycles. The average Bonchev–Trinajstić information content (AvgIpc) is 3.10. The second-order valence-electron chi connectivity index (χ2n) is 5.86. The van der Waals surface area contributed by atoms with Crippen molar-refractivity contribution in [1.82, 2.24) is 20.2 Å². The molecule has 0 bridgehead atoms. The zero-order valence-electron chi connectivity index (χ0n) is 15.2. The summed E-state index contributed by atoms with van der Waals surface area (Å²) in [4.78, 5) is 24.5. The lowest BCUT2D eigenvalue weighted by atomic mass is 10.2. The van der Waals surface area contributed by atoms with Gasteiger partial charge in [0, 0.05) is 11.8 Å². The molecule has 148 valence electrons. The fourth-order valence-corrected chi connectivity index (χ4v) is 2.40. The number of tetrazole rings is 1. The first-order chi connectivity index (χ1) is 13.9. The number of anilines is 1. The maximum Gasteiger partial charge on any atom is 0.357 e. The van der Waals surface area contributed by atoms with Crippen LogP contribution >= 0.6 is 0 Å². The Morgan fingerprint density at radius 2 is 1.83 bits per heavy atom. The Hall–Kier alpha value is -3.95. The molecule has 10 heteroatoms. The number of benzene rings is 2. The molecule has 29 heavy (non-hydrogen) atoms. The zero-order chi connectivity index (χ0) is 20.8. The van der Waals surface area contributed by atoms with Gasteiger partial charge in [0.25, 0.3) is 5.91 Å². The van der Waals surface area contributed by atoms with E-state index in [1.165, 1.54) is 10.8 Å². The maximum absolute atomic E-state index is 13.2. The number of rotatable bonds is 6. The summed E-state index contributed by atoms with van der Waals surface area (Å²) in [6.45, 7) is 0.918. The number of aryl methyl sites for hydroxylation is 1. The second kappa shape index (κ2) is 8.83. The van der Waals surface area contributed by atoms with Crippen molar-refractivity contribution >= 4 is 29.3 Å². The molecule has 0 aliphatic rings. The predicted molar refractivity (Wildman–Crippen MR) is 99.1 cm³/mol. The van der Waals surface area contributed by atoms with E-state index in [-0.39, 0.29) is 11.4 Å². The Morgan fingerprint density at radius 3 is 2.45 bits per heavy atom. The minimum atomic E-state index is -0.857. The molecule has 0 spiro atoms. The number of hydrogen-bond acceptors (Lipinski definition) is 6. The Balaban J connectivity index is 1.72. The number of ether oxygens (including phenoxy) is 1. The summed E-state index contributed by atoms with van der Waals surface area (Å²) < 4.78 is 32.6. The van der Waals surface area contributed by atoms with Crippen molar-refractivity contribution < 1.29 is 23.1 Å². The van der Waals surface area contributed by atoms with E-state index in [0.29, 0.717) is 17.5 Å². The average molecular weight is 399 g/mol. The third kappa shape index (κ3) is 5.28. The number of hydrogen-bond donors (Lipinski definition) is 1. The third-order valence-electron chi connectivity index (χ3n) is 3.65. The van der Waals surface area contributed by atoms with Gasteiger partial charge in [0.1, 0.15) is 11.6 Å². The molecule has 0 aliphatic carbocycles. The normalized spacial score (nSPS) is 11.2. The number of nitrogens with zero attached hydrogens (tertiary/aromatic N) is 4. The quantitative estimate of drug-likeness (QED) is 0.505. The molecule has 0 saturated carbocycles. The largest absolute Gasteiger partial charge is 0.451 e. The Bertz CT molecular complexity index is 1050. The Kier molecular flexibility index (Phi) is 6.03. The van der Waals surface area contributed by atoms with Crippen molar-refractivity contribution in [3.8, 4) is 0 Å². The molecule has 3 aromatic rings. The highest BCUT2D eigenvalue weighted by Gasteiger charge is 2.19. The standard InChI is InChI=1S/C19H15F2N5O3/c1-12-23-24-25-26(12)17(7-13-5-3-2-4-6-13)19(28)29-11-18(27)22-16-9-14(20)8-15(21)10-16/h2-10H,11H2,1H3,(H,22,27)/b17-7-. The maximum atomic E-state index is 13.2. The summed E-state index contributed by atoms with van der Waals surface area (Å²) in [6, 6.07) is 11.5. The molecular formula is C19H15F2N5O3. The van der Waals surface area contributed by atoms with Crippen molar-refractivity contribution in [1.29, 1.82) is 0 Å². The van der Waals surface area contributed by atoms with E-state index in [4.69, 9.17) is 4.74 Å². The monoisotopic (exact) mass is 399 g/mol. The van der Waals surface area contributed by atoms with Gasteiger partial charge in [0.05, 0.1) is 0 Å². The molecule has 1 N–H and O–H groups in total. The van der Waals surface area contributed by atoms with Crippen LogP contribution in [0.15, 0.2) is 48.5 Å². The van der Waals surface area contributed by atoms with Crippen molar-refractivity contribution in [2.75, 3.05) is 11.9 Å². The first-order valence-corrected chi connectivity index (χ1v) is 8.37. The van der Waals surface area contributed by atoms with E-state index in [2.05, 4.69) is 20.8 Å². The van der Waals surface area contributed by atoms with Crippen molar-refractivity contribution in [2.45, 2.75) is 6.92 Å². The molecular weight excluding hydrogens is 384 g/mol. The third-order valence-corrected chi connectivity index (χ3v) is 3.65. The van der Waals surface area contributed by atoms with Crippen LogP contribution in [0, 0.1) is 18.6 Å². The number of carbonyl (C=O) groups is 2. The van der Waals surface area contributed by atoms with Gasteiger partial charge < -0.3 is 10.1 Å². The first-order valence-electron chi connectivity index (χ1n) is 8.37. The van der Waals surface area contributed by atoms with E-state index in [9.17, 15) is 18.4 Å². The van der Waals surface area contributed by atoms with Gasteiger partial charge >= 0.3 is 5.97 Å². The summed E-state index contributed by atoms with van der Waals surface area (Å²) in [6.07, 6.45) is 1.51. The number of halogens is 2. The van der Waals surface area contributed by atoms with Crippen LogP contribution in [0.1, 0.15) is 11.4 Å². The molecule has 2 aromatic carbocycles. The molecule has 0 fully saturated rings. The van der Waals surface area contributed by atoms with Gasteiger partial charge in [0.15, 0.2) is 18.1 Å². The van der Waals surface area contributed by atoms with Crippen LogP contribution < -0.4 is 5.32 Å². The highest BCUT2D eigenvalue weighted by molar-refractivity contribution is 6.15. The summed E-state index contributed by atoms with van der Waals surface area (Å²) >= 11 is 0. The number of aromatic nitrogens is 4. The number of nitrogens with one attached hydrogen (secondary N) is 1. The molecule has 1 heterocycles. The van der Waals surface area contributed by atoms with Crippen molar-refractivity contribution in [3.63, 3.8) is 0 Å². The molecule has 0 radical (unpaired) electrons. The molecule has 3 rings (SSSR count). The van der Waals surface area contributed by atoms with Crippen LogP contribution in [0.2, 0.25) is 0 Å². The second-order valence-corrected chi connectivity index (χ2v) is 5.86. The van der Waals surface area contributed by atoms with E-state index in [0.717, 1.165) is 12.1 Å². The van der Waals surface area contributed by atoms with E-state index in [1.807, 2.05) is 6.07 Å². The van der Waals surface area contributed by atoms with Crippen LogP contribution in [0.4, 0.5) is 14.5 Å². The van der Waals surface area contributed by atoms with Gasteiger partial charge in [-0.15, -0.1) is 5.10 Å². The number of amides is 1. The fourth-order valence-electron chi connectivity index (χ4n) is 2.40. The van der Waals surface area contributed by atoms with Gasteiger partial charge in [-0.05, 0) is 41.1 Å². The van der Waals surface area contributed by atoms with Crippen molar-refractivity contribution in [2.24, 2.45) is 0 Å². The predicted octanol–water partition coefficient (Wildman–Crippen LogP) is 2.44. The Morgan fingerprint density at radius 1 is 1.14 bits per heavy atom. The lowest BCUT2D eigenvalue weighted by Crippen LogP contribution is -2.23. The molecule has 0 aliphatic heterocycles. The van der Waals surface area contributed by atoms with Crippen LogP contribution in [-0.4, -0.2) is 38.7 Å². The SMILES string of the molecule is Cc1nnnn1/C(=C\c1ccccc1)C(=O)OCC(=O)Nc1cc(F)cc(F)c1. The first kappa shape index (κ1) is 19.8. The number of carbonyl (C=O) groups excluding carboxylic acids is 2. The van der Waals surface area contributed by atoms with Crippen LogP contribution in [0.25, 0.3) is 11.8 Å². The van der Waals surface area contributed by atoms with Crippen LogP contribution in [0.3, 0.4) is 0 Å². The zero-order valence-corrected chi connectivity index (χ0v) is 15.2. The van der Waals surface area contributed by atoms with E-state index < -0.39 is 30.1 Å². The van der Waals surface area contributed by atoms with Crippen molar-refractivity contribution in [3.05, 3.63) is 71.6 Å². The minimum Gasteiger partial charge on any atom is -0.451 e. The summed E-state index contributed by atoms with van der Waals surface area (Å²) in [5.74, 6) is -2.98. The lowest BCUT2D eigenvalue weighted by Gasteiger charge is -2.10. The van der Waals surface area contributed by atoms with Gasteiger partial charge in [-0.1, -0.05) is 30.3 Å². The van der Waals surface area contributed by atoms with Gasteiger partial charge in [0.2, 0.25) is 0 Å². The summed E-state index contributed by atoms with van der Waals surface area (Å²) in [7, 11) is 0.